The summed E-state index contributed by atoms with van der Waals surface area (Å²) in [6, 6.07) is 11.8. The molecule has 196 valence electrons. The number of anilines is 2. The van der Waals surface area contributed by atoms with Gasteiger partial charge in [-0.3, -0.25) is 15.0 Å². The number of aromatic nitrogens is 2. The van der Waals surface area contributed by atoms with Crippen molar-refractivity contribution in [3.8, 4) is 11.3 Å². The number of cyclic esters (lactones) is 1. The highest BCUT2D eigenvalue weighted by Gasteiger charge is 2.35. The first-order valence-electron chi connectivity index (χ1n) is 12.2. The topological polar surface area (TPSA) is 137 Å². The van der Waals surface area contributed by atoms with Crippen molar-refractivity contribution in [2.45, 2.75) is 37.8 Å². The van der Waals surface area contributed by atoms with Crippen molar-refractivity contribution >= 4 is 41.1 Å². The number of aromatic amines is 1. The molecule has 2 aromatic carbocycles. The Bertz CT molecular complexity index is 1400. The van der Waals surface area contributed by atoms with Gasteiger partial charge >= 0.3 is 12.2 Å². The number of hydrogen-bond donors (Lipinski definition) is 4. The Hall–Kier alpha value is -4.31. The monoisotopic (exact) mass is 535 g/mol. The molecule has 11 heteroatoms. The maximum Gasteiger partial charge on any atom is 0.411 e. The van der Waals surface area contributed by atoms with Gasteiger partial charge in [0.1, 0.15) is 11.9 Å². The summed E-state index contributed by atoms with van der Waals surface area (Å²) in [7, 11) is 0. The summed E-state index contributed by atoms with van der Waals surface area (Å²) < 4.78 is 5.80. The predicted molar refractivity (Wildman–Crippen MR) is 142 cm³/mol. The van der Waals surface area contributed by atoms with E-state index < -0.39 is 18.2 Å². The van der Waals surface area contributed by atoms with Crippen molar-refractivity contribution in [1.82, 2.24) is 14.9 Å². The molecule has 2 atom stereocenters. The molecule has 0 spiro atoms. The van der Waals surface area contributed by atoms with Crippen molar-refractivity contribution in [2.24, 2.45) is 0 Å². The van der Waals surface area contributed by atoms with Crippen LogP contribution >= 0.6 is 11.6 Å². The molecule has 3 heterocycles. The SMILES string of the molecule is O=C(O)Nc1ccc2c(c1)NC(=O)CCC=CC[C@H](N1CC[C@@H](c3cccc(Cl)c3)OC1=O)c1nc-2c[nH]1. The lowest BCUT2D eigenvalue weighted by Gasteiger charge is -2.36. The molecule has 10 nitrogen and oxygen atoms in total. The normalized spacial score (nSPS) is 19.8. The van der Waals surface area contributed by atoms with Crippen molar-refractivity contribution in [1.29, 1.82) is 0 Å². The molecule has 2 bridgehead atoms. The van der Waals surface area contributed by atoms with Crippen LogP contribution in [0.5, 0.6) is 0 Å². The zero-order valence-electron chi connectivity index (χ0n) is 20.3. The number of halogens is 1. The zero-order chi connectivity index (χ0) is 26.6. The Balaban J connectivity index is 1.44. The van der Waals surface area contributed by atoms with Gasteiger partial charge in [0, 0.05) is 41.9 Å². The molecule has 0 unspecified atom stereocenters. The van der Waals surface area contributed by atoms with Crippen LogP contribution in [0.4, 0.5) is 21.0 Å². The Morgan fingerprint density at radius 3 is 2.84 bits per heavy atom. The van der Waals surface area contributed by atoms with Crippen LogP contribution in [-0.4, -0.2) is 44.6 Å². The average Bonchev–Trinajstić information content (AvgIpc) is 3.36. The molecule has 38 heavy (non-hydrogen) atoms. The molecular formula is C27H26ClN5O5. The maximum atomic E-state index is 13.2. The first-order valence-corrected chi connectivity index (χ1v) is 12.6. The smallest absolute Gasteiger partial charge is 0.411 e. The number of allylic oxidation sites excluding steroid dienone is 1. The number of nitrogens with zero attached hydrogens (tertiary/aromatic N) is 2. The molecule has 3 aromatic rings. The van der Waals surface area contributed by atoms with E-state index in [1.807, 2.05) is 24.3 Å². The summed E-state index contributed by atoms with van der Waals surface area (Å²) in [4.78, 5) is 46.5. The third-order valence-electron chi connectivity index (χ3n) is 6.50. The Morgan fingerprint density at radius 2 is 2.05 bits per heavy atom. The highest BCUT2D eigenvalue weighted by Crippen LogP contribution is 2.36. The third-order valence-corrected chi connectivity index (χ3v) is 6.74. The maximum absolute atomic E-state index is 13.2. The number of carboxylic acid groups (broad SMARTS) is 1. The molecule has 0 saturated carbocycles. The van der Waals surface area contributed by atoms with Gasteiger partial charge in [-0.1, -0.05) is 35.9 Å². The van der Waals surface area contributed by atoms with Gasteiger partial charge in [0.05, 0.1) is 17.4 Å². The molecule has 1 aromatic heterocycles. The van der Waals surface area contributed by atoms with Gasteiger partial charge in [0.15, 0.2) is 0 Å². The van der Waals surface area contributed by atoms with Crippen LogP contribution in [0.1, 0.15) is 49.2 Å². The van der Waals surface area contributed by atoms with Crippen molar-refractivity contribution in [3.63, 3.8) is 0 Å². The lowest BCUT2D eigenvalue weighted by molar-refractivity contribution is -0.116. The number of rotatable bonds is 3. The molecule has 3 amide bonds. The van der Waals surface area contributed by atoms with Crippen LogP contribution in [0.3, 0.4) is 0 Å². The number of hydrogen-bond acceptors (Lipinski definition) is 5. The molecule has 0 radical (unpaired) electrons. The van der Waals surface area contributed by atoms with E-state index in [4.69, 9.17) is 26.4 Å². The van der Waals surface area contributed by atoms with Gasteiger partial charge in [0.2, 0.25) is 5.91 Å². The van der Waals surface area contributed by atoms with Gasteiger partial charge in [-0.15, -0.1) is 0 Å². The molecule has 1 saturated heterocycles. The number of imidazole rings is 1. The third kappa shape index (κ3) is 5.65. The first kappa shape index (κ1) is 25.3. The predicted octanol–water partition coefficient (Wildman–Crippen LogP) is 6.12. The Morgan fingerprint density at radius 1 is 1.18 bits per heavy atom. The van der Waals surface area contributed by atoms with E-state index in [9.17, 15) is 14.4 Å². The van der Waals surface area contributed by atoms with Gasteiger partial charge in [-0.05, 0) is 48.7 Å². The largest absolute Gasteiger partial charge is 0.465 e. The number of fused-ring (bicyclic) bond motifs is 4. The second-order valence-corrected chi connectivity index (χ2v) is 9.52. The summed E-state index contributed by atoms with van der Waals surface area (Å²) in [5.41, 5.74) is 2.77. The van der Waals surface area contributed by atoms with Gasteiger partial charge < -0.3 is 20.1 Å². The minimum atomic E-state index is -1.21. The minimum Gasteiger partial charge on any atom is -0.465 e. The van der Waals surface area contributed by atoms with E-state index in [0.717, 1.165) is 5.56 Å². The minimum absolute atomic E-state index is 0.207. The molecule has 0 aliphatic carbocycles. The van der Waals surface area contributed by atoms with Crippen LogP contribution in [0.25, 0.3) is 11.3 Å². The fraction of sp³-hybridized carbons (Fsp3) is 0.259. The summed E-state index contributed by atoms with van der Waals surface area (Å²) in [5, 5.41) is 14.8. The van der Waals surface area contributed by atoms with Crippen LogP contribution < -0.4 is 10.6 Å². The van der Waals surface area contributed by atoms with E-state index in [2.05, 4.69) is 15.6 Å². The number of carbonyl (C=O) groups excluding carboxylic acids is 2. The van der Waals surface area contributed by atoms with E-state index in [1.165, 1.54) is 0 Å². The Labute approximate surface area is 223 Å². The average molecular weight is 536 g/mol. The van der Waals surface area contributed by atoms with Crippen molar-refractivity contribution in [2.75, 3.05) is 17.2 Å². The van der Waals surface area contributed by atoms with Crippen LogP contribution in [0.2, 0.25) is 5.02 Å². The molecular weight excluding hydrogens is 510 g/mol. The van der Waals surface area contributed by atoms with E-state index in [0.29, 0.717) is 59.3 Å². The first-order chi connectivity index (χ1) is 18.4. The summed E-state index contributed by atoms with van der Waals surface area (Å²) >= 11 is 6.12. The molecule has 2 aliphatic heterocycles. The highest BCUT2D eigenvalue weighted by atomic mass is 35.5. The molecule has 1 fully saturated rings. The van der Waals surface area contributed by atoms with Gasteiger partial charge in [-0.25, -0.2) is 14.6 Å². The second-order valence-electron chi connectivity index (χ2n) is 9.08. The summed E-state index contributed by atoms with van der Waals surface area (Å²) in [6.45, 7) is 0.464. The number of carbonyl (C=O) groups is 3. The van der Waals surface area contributed by atoms with Gasteiger partial charge in [0.25, 0.3) is 0 Å². The van der Waals surface area contributed by atoms with Crippen molar-refractivity contribution < 1.29 is 24.2 Å². The summed E-state index contributed by atoms with van der Waals surface area (Å²) in [5.74, 6) is 0.369. The van der Waals surface area contributed by atoms with Gasteiger partial charge in [-0.2, -0.15) is 0 Å². The highest BCUT2D eigenvalue weighted by molar-refractivity contribution is 6.30. The Kier molecular flexibility index (Phi) is 7.32. The lowest BCUT2D eigenvalue weighted by Crippen LogP contribution is -2.41. The quantitative estimate of drug-likeness (QED) is 0.298. The standard InChI is InChI=1S/C27H26ClN5O5/c28-17-6-4-5-16(13-17)23-11-12-33(27(37)38-23)22-7-2-1-3-8-24(34)31-20-14-18(30-26(35)36)9-10-19(20)21-15-29-25(22)32-21/h1-2,4-6,9-10,13-15,22-23,30H,3,7-8,11-12H2,(H,29,32)(H,31,34)(H,35,36)/t22-,23-/m0/s1. The van der Waals surface area contributed by atoms with E-state index >= 15 is 0 Å². The number of H-pyrrole nitrogens is 1. The van der Waals surface area contributed by atoms with E-state index in [-0.39, 0.29) is 18.4 Å². The van der Waals surface area contributed by atoms with E-state index in [1.54, 1.807) is 41.4 Å². The fourth-order valence-corrected chi connectivity index (χ4v) is 4.89. The molecule has 5 rings (SSSR count). The van der Waals surface area contributed by atoms with Crippen LogP contribution in [0.15, 0.2) is 60.8 Å². The lowest BCUT2D eigenvalue weighted by atomic mass is 10.0. The van der Waals surface area contributed by atoms with Crippen molar-refractivity contribution in [3.05, 3.63) is 77.2 Å². The molecule has 4 N–H and O–H groups in total. The van der Waals surface area contributed by atoms with Crippen LogP contribution in [-0.2, 0) is 9.53 Å². The zero-order valence-corrected chi connectivity index (χ0v) is 21.1. The fourth-order valence-electron chi connectivity index (χ4n) is 4.69. The second kappa shape index (κ2) is 11.0. The number of nitrogens with one attached hydrogen (secondary N) is 3. The van der Waals surface area contributed by atoms with Crippen LogP contribution in [0, 0.1) is 0 Å². The number of benzene rings is 2. The number of amides is 3. The summed E-state index contributed by atoms with van der Waals surface area (Å²) in [6.07, 6.45) is 5.35. The number of ether oxygens (including phenoxy) is 1. The molecule has 2 aliphatic rings.